The van der Waals surface area contributed by atoms with Gasteiger partial charge in [-0.25, -0.2) is 0 Å². The van der Waals surface area contributed by atoms with Crippen LogP contribution in [0.2, 0.25) is 0 Å². The summed E-state index contributed by atoms with van der Waals surface area (Å²) in [6, 6.07) is 1.75. The molecule has 0 aliphatic carbocycles. The molecule has 3 nitrogen and oxygen atoms in total. The van der Waals surface area contributed by atoms with E-state index in [9.17, 15) is 5.11 Å². The minimum absolute atomic E-state index is 0.00690. The Labute approximate surface area is 79.7 Å². The van der Waals surface area contributed by atoms with Crippen molar-refractivity contribution in [3.63, 3.8) is 0 Å². The van der Waals surface area contributed by atoms with Crippen LogP contribution in [0.5, 0.6) is 0 Å². The molecule has 0 aliphatic rings. The number of hydrogen-bond acceptors (Lipinski definition) is 3. The lowest BCUT2D eigenvalue weighted by atomic mass is 10.0. The maximum Gasteiger partial charge on any atom is 0.146 e. The first-order valence-electron chi connectivity index (χ1n) is 3.77. The van der Waals surface area contributed by atoms with Gasteiger partial charge >= 0.3 is 0 Å². The quantitative estimate of drug-likeness (QED) is 0.836. The molecule has 0 aromatic carbocycles. The van der Waals surface area contributed by atoms with Crippen molar-refractivity contribution >= 4 is 15.9 Å². The standard InChI is InChI=1S/C8H12BrNO2/c1-5(4-10)7(11)8-6(9)2-3-12-8/h2-3,5,7,11H,4,10H2,1H3. The van der Waals surface area contributed by atoms with Gasteiger partial charge in [0.05, 0.1) is 10.7 Å². The van der Waals surface area contributed by atoms with E-state index in [2.05, 4.69) is 15.9 Å². The lowest BCUT2D eigenvalue weighted by Gasteiger charge is -2.14. The van der Waals surface area contributed by atoms with Crippen molar-refractivity contribution in [3.05, 3.63) is 22.6 Å². The van der Waals surface area contributed by atoms with Crippen LogP contribution in [0.3, 0.4) is 0 Å². The van der Waals surface area contributed by atoms with Crippen molar-refractivity contribution in [2.75, 3.05) is 6.54 Å². The molecule has 2 atom stereocenters. The summed E-state index contributed by atoms with van der Waals surface area (Å²) in [5, 5.41) is 9.66. The fourth-order valence-corrected chi connectivity index (χ4v) is 1.34. The van der Waals surface area contributed by atoms with E-state index < -0.39 is 6.10 Å². The monoisotopic (exact) mass is 233 g/mol. The van der Waals surface area contributed by atoms with E-state index in [1.165, 1.54) is 6.26 Å². The minimum Gasteiger partial charge on any atom is -0.465 e. The Balaban J connectivity index is 2.77. The number of furan rings is 1. The molecule has 1 heterocycles. The van der Waals surface area contributed by atoms with E-state index in [1.807, 2.05) is 6.92 Å². The summed E-state index contributed by atoms with van der Waals surface area (Å²) in [7, 11) is 0. The number of nitrogens with two attached hydrogens (primary N) is 1. The molecule has 1 aromatic rings. The van der Waals surface area contributed by atoms with E-state index in [-0.39, 0.29) is 5.92 Å². The number of rotatable bonds is 3. The van der Waals surface area contributed by atoms with Gasteiger partial charge in [0.25, 0.3) is 0 Å². The second-order valence-electron chi connectivity index (χ2n) is 2.79. The summed E-state index contributed by atoms with van der Waals surface area (Å²) in [6.07, 6.45) is 0.908. The number of hydrogen-bond donors (Lipinski definition) is 2. The zero-order chi connectivity index (χ0) is 9.14. The summed E-state index contributed by atoms with van der Waals surface area (Å²) in [5.41, 5.74) is 5.41. The molecule has 0 aliphatic heterocycles. The maximum atomic E-state index is 9.66. The van der Waals surface area contributed by atoms with Crippen molar-refractivity contribution in [2.24, 2.45) is 11.7 Å². The third kappa shape index (κ3) is 1.88. The Morgan fingerprint density at radius 3 is 2.83 bits per heavy atom. The zero-order valence-electron chi connectivity index (χ0n) is 6.83. The summed E-state index contributed by atoms with van der Waals surface area (Å²) in [6.45, 7) is 2.31. The summed E-state index contributed by atoms with van der Waals surface area (Å²) in [4.78, 5) is 0. The molecule has 1 aromatic heterocycles. The normalized spacial score (nSPS) is 16.0. The smallest absolute Gasteiger partial charge is 0.146 e. The molecule has 0 radical (unpaired) electrons. The van der Waals surface area contributed by atoms with Gasteiger partial charge in [-0.05, 0) is 28.5 Å². The van der Waals surface area contributed by atoms with Crippen LogP contribution in [-0.2, 0) is 0 Å². The first kappa shape index (κ1) is 9.77. The predicted molar refractivity (Wildman–Crippen MR) is 49.6 cm³/mol. The van der Waals surface area contributed by atoms with Crippen LogP contribution in [-0.4, -0.2) is 11.7 Å². The Morgan fingerprint density at radius 2 is 2.42 bits per heavy atom. The van der Waals surface area contributed by atoms with Gasteiger partial charge in [0.2, 0.25) is 0 Å². The molecule has 0 fully saturated rings. The Morgan fingerprint density at radius 1 is 1.75 bits per heavy atom. The molecular formula is C8H12BrNO2. The molecule has 2 unspecified atom stereocenters. The van der Waals surface area contributed by atoms with Crippen molar-refractivity contribution in [1.82, 2.24) is 0 Å². The fourth-order valence-electron chi connectivity index (χ4n) is 0.904. The van der Waals surface area contributed by atoms with Gasteiger partial charge in [0, 0.05) is 5.92 Å². The average Bonchev–Trinajstić information content (AvgIpc) is 2.48. The first-order valence-corrected chi connectivity index (χ1v) is 4.57. The molecule has 4 heteroatoms. The highest BCUT2D eigenvalue weighted by molar-refractivity contribution is 9.10. The number of aliphatic hydroxyl groups excluding tert-OH is 1. The molecule has 12 heavy (non-hydrogen) atoms. The fraction of sp³-hybridized carbons (Fsp3) is 0.500. The first-order chi connectivity index (χ1) is 5.66. The van der Waals surface area contributed by atoms with Gasteiger partial charge in [-0.2, -0.15) is 0 Å². The zero-order valence-corrected chi connectivity index (χ0v) is 8.41. The highest BCUT2D eigenvalue weighted by Gasteiger charge is 2.20. The van der Waals surface area contributed by atoms with Gasteiger partial charge < -0.3 is 15.3 Å². The Kier molecular flexibility index (Phi) is 3.31. The van der Waals surface area contributed by atoms with Crippen LogP contribution in [0.15, 0.2) is 21.2 Å². The van der Waals surface area contributed by atoms with Gasteiger partial charge in [-0.1, -0.05) is 6.92 Å². The minimum atomic E-state index is -0.626. The summed E-state index contributed by atoms with van der Waals surface area (Å²) >= 11 is 3.27. The van der Waals surface area contributed by atoms with Gasteiger partial charge in [0.15, 0.2) is 0 Å². The van der Waals surface area contributed by atoms with Crippen molar-refractivity contribution < 1.29 is 9.52 Å². The van der Waals surface area contributed by atoms with E-state index in [4.69, 9.17) is 10.2 Å². The second-order valence-corrected chi connectivity index (χ2v) is 3.64. The van der Waals surface area contributed by atoms with Crippen LogP contribution < -0.4 is 5.73 Å². The topological polar surface area (TPSA) is 59.4 Å². The highest BCUT2D eigenvalue weighted by atomic mass is 79.9. The van der Waals surface area contributed by atoms with Gasteiger partial charge in [0.1, 0.15) is 11.9 Å². The summed E-state index contributed by atoms with van der Waals surface area (Å²) < 4.78 is 5.88. The Bertz CT molecular complexity index is 249. The highest BCUT2D eigenvalue weighted by Crippen LogP contribution is 2.28. The largest absolute Gasteiger partial charge is 0.465 e. The maximum absolute atomic E-state index is 9.66. The van der Waals surface area contributed by atoms with E-state index in [0.29, 0.717) is 12.3 Å². The number of aliphatic hydroxyl groups is 1. The summed E-state index contributed by atoms with van der Waals surface area (Å²) in [5.74, 6) is 0.556. The van der Waals surface area contributed by atoms with Crippen molar-refractivity contribution in [2.45, 2.75) is 13.0 Å². The average molecular weight is 234 g/mol. The molecule has 0 saturated carbocycles. The molecular weight excluding hydrogens is 222 g/mol. The predicted octanol–water partition coefficient (Wildman–Crippen LogP) is 1.67. The van der Waals surface area contributed by atoms with Crippen molar-refractivity contribution in [3.8, 4) is 0 Å². The van der Waals surface area contributed by atoms with Crippen LogP contribution in [0.25, 0.3) is 0 Å². The van der Waals surface area contributed by atoms with Gasteiger partial charge in [-0.3, -0.25) is 0 Å². The third-order valence-corrected chi connectivity index (χ3v) is 2.48. The molecule has 68 valence electrons. The lowest BCUT2D eigenvalue weighted by molar-refractivity contribution is 0.0970. The SMILES string of the molecule is CC(CN)C(O)c1occc1Br. The van der Waals surface area contributed by atoms with Crippen LogP contribution in [0.1, 0.15) is 18.8 Å². The second kappa shape index (κ2) is 4.07. The molecule has 0 amide bonds. The van der Waals surface area contributed by atoms with E-state index >= 15 is 0 Å². The van der Waals surface area contributed by atoms with Gasteiger partial charge in [-0.15, -0.1) is 0 Å². The van der Waals surface area contributed by atoms with Crippen LogP contribution in [0.4, 0.5) is 0 Å². The molecule has 1 rings (SSSR count). The Hall–Kier alpha value is -0.320. The van der Waals surface area contributed by atoms with Crippen LogP contribution >= 0.6 is 15.9 Å². The third-order valence-electron chi connectivity index (χ3n) is 1.82. The van der Waals surface area contributed by atoms with Crippen LogP contribution in [0, 0.1) is 5.92 Å². The molecule has 3 N–H and O–H groups in total. The molecule has 0 bridgehead atoms. The molecule has 0 saturated heterocycles. The van der Waals surface area contributed by atoms with E-state index in [1.54, 1.807) is 6.07 Å². The lowest BCUT2D eigenvalue weighted by Crippen LogP contribution is -2.18. The van der Waals surface area contributed by atoms with Crippen molar-refractivity contribution in [1.29, 1.82) is 0 Å². The van der Waals surface area contributed by atoms with E-state index in [0.717, 1.165) is 4.47 Å². The number of halogens is 1. The molecule has 0 spiro atoms.